The highest BCUT2D eigenvalue weighted by molar-refractivity contribution is 5.87. The lowest BCUT2D eigenvalue weighted by Crippen LogP contribution is -2.20. The molecule has 1 aliphatic carbocycles. The standard InChI is InChI=1S/C25H35NO3/c1-20(27)29-24(15-8-7-12-21-10-5-4-6-11-21)17-16-22-13-9-14-23(18-22)19-25(28)26(2)3/h4-6,10-11,16-17,19,22,24H,7-9,12-15,18H2,1-3H3/b17-16+,23-19-. The van der Waals surface area contributed by atoms with Crippen molar-refractivity contribution in [2.24, 2.45) is 5.92 Å². The van der Waals surface area contributed by atoms with Crippen LogP contribution in [0.5, 0.6) is 0 Å². The zero-order valence-corrected chi connectivity index (χ0v) is 18.1. The topological polar surface area (TPSA) is 46.6 Å². The number of unbranched alkanes of at least 4 members (excludes halogenated alkanes) is 1. The van der Waals surface area contributed by atoms with Gasteiger partial charge in [-0.1, -0.05) is 42.0 Å². The highest BCUT2D eigenvalue weighted by Crippen LogP contribution is 2.29. The number of benzene rings is 1. The highest BCUT2D eigenvalue weighted by atomic mass is 16.5. The fourth-order valence-corrected chi connectivity index (χ4v) is 3.74. The van der Waals surface area contributed by atoms with E-state index in [4.69, 9.17) is 4.74 Å². The van der Waals surface area contributed by atoms with E-state index in [-0.39, 0.29) is 18.0 Å². The molecule has 0 N–H and O–H groups in total. The van der Waals surface area contributed by atoms with Crippen molar-refractivity contribution >= 4 is 11.9 Å². The highest BCUT2D eigenvalue weighted by Gasteiger charge is 2.17. The van der Waals surface area contributed by atoms with Gasteiger partial charge in [0.15, 0.2) is 0 Å². The summed E-state index contributed by atoms with van der Waals surface area (Å²) in [5, 5.41) is 0. The second-order valence-corrected chi connectivity index (χ2v) is 8.16. The minimum atomic E-state index is -0.233. The van der Waals surface area contributed by atoms with E-state index in [2.05, 4.69) is 36.4 Å². The predicted octanol–water partition coefficient (Wildman–Crippen LogP) is 5.09. The molecule has 0 radical (unpaired) electrons. The smallest absolute Gasteiger partial charge is 0.303 e. The molecule has 0 aromatic heterocycles. The summed E-state index contributed by atoms with van der Waals surface area (Å²) in [6, 6.07) is 10.5. The Morgan fingerprint density at radius 3 is 2.66 bits per heavy atom. The van der Waals surface area contributed by atoms with Crippen LogP contribution in [-0.4, -0.2) is 37.0 Å². The van der Waals surface area contributed by atoms with Crippen molar-refractivity contribution in [1.82, 2.24) is 4.90 Å². The van der Waals surface area contributed by atoms with E-state index in [0.717, 1.165) is 51.4 Å². The van der Waals surface area contributed by atoms with E-state index in [0.29, 0.717) is 5.92 Å². The maximum atomic E-state index is 11.9. The number of carbonyl (C=O) groups is 2. The molecule has 1 aliphatic rings. The summed E-state index contributed by atoms with van der Waals surface area (Å²) < 4.78 is 5.52. The zero-order valence-electron chi connectivity index (χ0n) is 18.1. The van der Waals surface area contributed by atoms with Crippen molar-refractivity contribution in [3.05, 3.63) is 59.7 Å². The van der Waals surface area contributed by atoms with Crippen LogP contribution < -0.4 is 0 Å². The monoisotopic (exact) mass is 397 g/mol. The molecule has 4 heteroatoms. The van der Waals surface area contributed by atoms with E-state index >= 15 is 0 Å². The van der Waals surface area contributed by atoms with Crippen molar-refractivity contribution in [2.75, 3.05) is 14.1 Å². The van der Waals surface area contributed by atoms with Gasteiger partial charge in [0.05, 0.1) is 0 Å². The number of allylic oxidation sites excluding steroid dienone is 2. The fourth-order valence-electron chi connectivity index (χ4n) is 3.74. The summed E-state index contributed by atoms with van der Waals surface area (Å²) in [5.41, 5.74) is 2.57. The fraction of sp³-hybridized carbons (Fsp3) is 0.520. The summed E-state index contributed by atoms with van der Waals surface area (Å²) in [6.07, 6.45) is 14.0. The molecule has 2 unspecified atom stereocenters. The number of amides is 1. The Morgan fingerprint density at radius 2 is 1.97 bits per heavy atom. The molecule has 1 amide bonds. The normalized spacial score (nSPS) is 19.3. The number of esters is 1. The van der Waals surface area contributed by atoms with Gasteiger partial charge in [0, 0.05) is 27.1 Å². The van der Waals surface area contributed by atoms with Gasteiger partial charge in [0.1, 0.15) is 6.10 Å². The van der Waals surface area contributed by atoms with Crippen LogP contribution >= 0.6 is 0 Å². The number of likely N-dealkylation sites (N-methyl/N-ethyl adjacent to an activating group) is 1. The van der Waals surface area contributed by atoms with Gasteiger partial charge < -0.3 is 9.64 Å². The first-order chi connectivity index (χ1) is 13.9. The lowest BCUT2D eigenvalue weighted by Gasteiger charge is -2.22. The van der Waals surface area contributed by atoms with Gasteiger partial charge in [-0.15, -0.1) is 0 Å². The van der Waals surface area contributed by atoms with Crippen LogP contribution in [0.1, 0.15) is 57.4 Å². The predicted molar refractivity (Wildman–Crippen MR) is 117 cm³/mol. The lowest BCUT2D eigenvalue weighted by atomic mass is 9.84. The molecule has 1 saturated carbocycles. The van der Waals surface area contributed by atoms with Crippen molar-refractivity contribution in [2.45, 2.75) is 64.4 Å². The Hall–Kier alpha value is -2.36. The number of hydrogen-bond donors (Lipinski definition) is 0. The molecule has 0 heterocycles. The first-order valence-corrected chi connectivity index (χ1v) is 10.7. The molecular weight excluding hydrogens is 362 g/mol. The van der Waals surface area contributed by atoms with Gasteiger partial charge in [-0.3, -0.25) is 9.59 Å². The van der Waals surface area contributed by atoms with Crippen molar-refractivity contribution < 1.29 is 14.3 Å². The molecule has 2 atom stereocenters. The molecule has 1 fully saturated rings. The summed E-state index contributed by atoms with van der Waals surface area (Å²) >= 11 is 0. The molecule has 0 bridgehead atoms. The van der Waals surface area contributed by atoms with E-state index in [1.54, 1.807) is 25.1 Å². The van der Waals surface area contributed by atoms with Crippen LogP contribution in [-0.2, 0) is 20.7 Å². The van der Waals surface area contributed by atoms with Crippen molar-refractivity contribution in [3.8, 4) is 0 Å². The molecule has 0 spiro atoms. The first-order valence-electron chi connectivity index (χ1n) is 10.7. The molecular formula is C25H35NO3. The van der Waals surface area contributed by atoms with Gasteiger partial charge in [-0.05, 0) is 68.9 Å². The molecule has 4 nitrogen and oxygen atoms in total. The maximum absolute atomic E-state index is 11.9. The number of aryl methyl sites for hydroxylation is 1. The first kappa shape index (κ1) is 22.9. The molecule has 0 aliphatic heterocycles. The zero-order chi connectivity index (χ0) is 21.1. The van der Waals surface area contributed by atoms with Crippen LogP contribution in [0.2, 0.25) is 0 Å². The summed E-state index contributed by atoms with van der Waals surface area (Å²) in [4.78, 5) is 25.0. The molecule has 2 rings (SSSR count). The van der Waals surface area contributed by atoms with Gasteiger partial charge >= 0.3 is 5.97 Å². The molecule has 1 aromatic carbocycles. The Bertz CT molecular complexity index is 706. The largest absolute Gasteiger partial charge is 0.458 e. The number of ether oxygens (including phenoxy) is 1. The number of carbonyl (C=O) groups excluding carboxylic acids is 2. The molecule has 1 aromatic rings. The third-order valence-electron chi connectivity index (χ3n) is 5.33. The van der Waals surface area contributed by atoms with Crippen LogP contribution in [0.3, 0.4) is 0 Å². The minimum absolute atomic E-state index is 0.0563. The van der Waals surface area contributed by atoms with Crippen molar-refractivity contribution in [3.63, 3.8) is 0 Å². The summed E-state index contributed by atoms with van der Waals surface area (Å²) in [6.45, 7) is 1.47. The van der Waals surface area contributed by atoms with Crippen LogP contribution in [0, 0.1) is 5.92 Å². The molecule has 158 valence electrons. The third-order valence-corrected chi connectivity index (χ3v) is 5.33. The second-order valence-electron chi connectivity index (χ2n) is 8.16. The average Bonchev–Trinajstić information content (AvgIpc) is 2.70. The van der Waals surface area contributed by atoms with E-state index in [9.17, 15) is 9.59 Å². The van der Waals surface area contributed by atoms with E-state index in [1.165, 1.54) is 18.1 Å². The quantitative estimate of drug-likeness (QED) is 0.252. The number of rotatable bonds is 9. The van der Waals surface area contributed by atoms with E-state index < -0.39 is 0 Å². The Balaban J connectivity index is 1.85. The average molecular weight is 398 g/mol. The third kappa shape index (κ3) is 9.12. The number of hydrogen-bond acceptors (Lipinski definition) is 3. The Kier molecular flexibility index (Phi) is 9.69. The van der Waals surface area contributed by atoms with Crippen LogP contribution in [0.15, 0.2) is 54.1 Å². The summed E-state index contributed by atoms with van der Waals surface area (Å²) in [5.74, 6) is 0.233. The van der Waals surface area contributed by atoms with Gasteiger partial charge in [-0.25, -0.2) is 0 Å². The van der Waals surface area contributed by atoms with Crippen LogP contribution in [0.4, 0.5) is 0 Å². The summed E-state index contributed by atoms with van der Waals surface area (Å²) in [7, 11) is 3.56. The second kappa shape index (κ2) is 12.3. The van der Waals surface area contributed by atoms with Crippen LogP contribution in [0.25, 0.3) is 0 Å². The minimum Gasteiger partial charge on any atom is -0.458 e. The Labute approximate surface area is 175 Å². The van der Waals surface area contributed by atoms with Crippen molar-refractivity contribution in [1.29, 1.82) is 0 Å². The van der Waals surface area contributed by atoms with Gasteiger partial charge in [0.25, 0.3) is 0 Å². The number of nitrogens with zero attached hydrogens (tertiary/aromatic N) is 1. The SMILES string of the molecule is CC(=O)OC(/C=C/C1CCC/C(=C/C(=O)N(C)C)C1)CCCCc1ccccc1. The maximum Gasteiger partial charge on any atom is 0.303 e. The molecule has 29 heavy (non-hydrogen) atoms. The van der Waals surface area contributed by atoms with Gasteiger partial charge in [-0.2, -0.15) is 0 Å². The molecule has 0 saturated heterocycles. The Morgan fingerprint density at radius 1 is 1.21 bits per heavy atom. The van der Waals surface area contributed by atoms with E-state index in [1.807, 2.05) is 6.07 Å². The lowest BCUT2D eigenvalue weighted by molar-refractivity contribution is -0.144. The van der Waals surface area contributed by atoms with Gasteiger partial charge in [0.2, 0.25) is 5.91 Å².